The van der Waals surface area contributed by atoms with E-state index in [-0.39, 0.29) is 17.6 Å². The van der Waals surface area contributed by atoms with Crippen LogP contribution in [0.15, 0.2) is 18.2 Å². The van der Waals surface area contributed by atoms with E-state index in [0.29, 0.717) is 17.7 Å². The van der Waals surface area contributed by atoms with Crippen LogP contribution in [0.1, 0.15) is 37.8 Å². The SMILES string of the molecule is CC(c1cc(F)ccc1O)N1CCOC2CCCC21. The molecule has 1 aromatic carbocycles. The van der Waals surface area contributed by atoms with Crippen molar-refractivity contribution in [3.05, 3.63) is 29.6 Å². The largest absolute Gasteiger partial charge is 0.508 e. The molecule has 2 fully saturated rings. The van der Waals surface area contributed by atoms with Gasteiger partial charge in [-0.05, 0) is 44.4 Å². The summed E-state index contributed by atoms with van der Waals surface area (Å²) < 4.78 is 19.2. The number of rotatable bonds is 2. The Balaban J connectivity index is 1.86. The Kier molecular flexibility index (Phi) is 3.46. The number of nitrogens with zero attached hydrogens (tertiary/aromatic N) is 1. The third kappa shape index (κ3) is 2.35. The molecule has 1 saturated heterocycles. The number of morpholine rings is 1. The first-order valence-electron chi connectivity index (χ1n) is 7.02. The maximum absolute atomic E-state index is 13.4. The predicted molar refractivity (Wildman–Crippen MR) is 70.6 cm³/mol. The van der Waals surface area contributed by atoms with Crippen LogP contribution in [0.5, 0.6) is 5.75 Å². The Morgan fingerprint density at radius 2 is 2.26 bits per heavy atom. The molecule has 0 radical (unpaired) electrons. The number of hydrogen-bond donors (Lipinski definition) is 1. The van der Waals surface area contributed by atoms with Crippen LogP contribution in [-0.4, -0.2) is 35.3 Å². The van der Waals surface area contributed by atoms with Gasteiger partial charge >= 0.3 is 0 Å². The third-order valence-electron chi connectivity index (χ3n) is 4.46. The van der Waals surface area contributed by atoms with E-state index in [1.807, 2.05) is 6.92 Å². The van der Waals surface area contributed by atoms with E-state index in [0.717, 1.165) is 26.0 Å². The standard InChI is InChI=1S/C15H20FNO2/c1-10(12-9-11(16)5-6-14(12)18)17-7-8-19-15-4-2-3-13(15)17/h5-6,9-10,13,15,18H,2-4,7-8H2,1H3. The van der Waals surface area contributed by atoms with Crippen molar-refractivity contribution in [1.29, 1.82) is 0 Å². The molecular weight excluding hydrogens is 245 g/mol. The topological polar surface area (TPSA) is 32.7 Å². The molecule has 1 saturated carbocycles. The van der Waals surface area contributed by atoms with Crippen LogP contribution in [0, 0.1) is 5.82 Å². The minimum atomic E-state index is -0.295. The second kappa shape index (κ2) is 5.10. The van der Waals surface area contributed by atoms with Crippen molar-refractivity contribution in [2.24, 2.45) is 0 Å². The maximum atomic E-state index is 13.4. The zero-order valence-electron chi connectivity index (χ0n) is 11.2. The smallest absolute Gasteiger partial charge is 0.123 e. The molecule has 0 amide bonds. The van der Waals surface area contributed by atoms with Gasteiger partial charge in [0.1, 0.15) is 11.6 Å². The average molecular weight is 265 g/mol. The van der Waals surface area contributed by atoms with Gasteiger partial charge in [0.2, 0.25) is 0 Å². The second-order valence-corrected chi connectivity index (χ2v) is 5.52. The van der Waals surface area contributed by atoms with E-state index in [1.54, 1.807) is 0 Å². The molecule has 1 aliphatic heterocycles. The van der Waals surface area contributed by atoms with Crippen molar-refractivity contribution in [2.45, 2.75) is 44.4 Å². The van der Waals surface area contributed by atoms with Crippen LogP contribution in [0.25, 0.3) is 0 Å². The summed E-state index contributed by atoms with van der Waals surface area (Å²) in [6.07, 6.45) is 3.74. The molecule has 3 unspecified atom stereocenters. The van der Waals surface area contributed by atoms with Gasteiger partial charge in [-0.3, -0.25) is 4.90 Å². The van der Waals surface area contributed by atoms with Crippen molar-refractivity contribution >= 4 is 0 Å². The highest BCUT2D eigenvalue weighted by Gasteiger charge is 2.38. The molecule has 1 N–H and O–H groups in total. The van der Waals surface area contributed by atoms with Gasteiger partial charge in [-0.1, -0.05) is 0 Å². The first-order valence-corrected chi connectivity index (χ1v) is 7.02. The van der Waals surface area contributed by atoms with Crippen LogP contribution in [0.2, 0.25) is 0 Å². The number of halogens is 1. The zero-order valence-corrected chi connectivity index (χ0v) is 11.2. The quantitative estimate of drug-likeness (QED) is 0.892. The van der Waals surface area contributed by atoms with Crippen molar-refractivity contribution in [1.82, 2.24) is 4.90 Å². The molecule has 2 aliphatic rings. The fourth-order valence-corrected chi connectivity index (χ4v) is 3.48. The highest BCUT2D eigenvalue weighted by molar-refractivity contribution is 5.35. The molecule has 104 valence electrons. The van der Waals surface area contributed by atoms with Crippen molar-refractivity contribution < 1.29 is 14.2 Å². The summed E-state index contributed by atoms with van der Waals surface area (Å²) in [5.41, 5.74) is 0.674. The van der Waals surface area contributed by atoms with Gasteiger partial charge in [-0.2, -0.15) is 0 Å². The van der Waals surface area contributed by atoms with Crippen LogP contribution >= 0.6 is 0 Å². The van der Waals surface area contributed by atoms with E-state index in [2.05, 4.69) is 4.90 Å². The van der Waals surface area contributed by atoms with E-state index in [9.17, 15) is 9.50 Å². The summed E-state index contributed by atoms with van der Waals surface area (Å²) in [7, 11) is 0. The van der Waals surface area contributed by atoms with Gasteiger partial charge in [0.15, 0.2) is 0 Å². The molecule has 19 heavy (non-hydrogen) atoms. The maximum Gasteiger partial charge on any atom is 0.123 e. The van der Waals surface area contributed by atoms with Gasteiger partial charge < -0.3 is 9.84 Å². The molecule has 1 aliphatic carbocycles. The molecule has 1 aromatic rings. The molecule has 0 spiro atoms. The Morgan fingerprint density at radius 3 is 3.11 bits per heavy atom. The van der Waals surface area contributed by atoms with E-state index in [4.69, 9.17) is 4.74 Å². The number of benzene rings is 1. The lowest BCUT2D eigenvalue weighted by atomic mass is 10.0. The fourth-order valence-electron chi connectivity index (χ4n) is 3.48. The summed E-state index contributed by atoms with van der Waals surface area (Å²) in [5, 5.41) is 9.95. The lowest BCUT2D eigenvalue weighted by Gasteiger charge is -2.41. The van der Waals surface area contributed by atoms with E-state index < -0.39 is 0 Å². The highest BCUT2D eigenvalue weighted by atomic mass is 19.1. The van der Waals surface area contributed by atoms with Crippen LogP contribution in [0.4, 0.5) is 4.39 Å². The number of ether oxygens (including phenoxy) is 1. The number of fused-ring (bicyclic) bond motifs is 1. The van der Waals surface area contributed by atoms with E-state index >= 15 is 0 Å². The number of hydrogen-bond acceptors (Lipinski definition) is 3. The molecule has 3 nitrogen and oxygen atoms in total. The Morgan fingerprint density at radius 1 is 1.42 bits per heavy atom. The third-order valence-corrected chi connectivity index (χ3v) is 4.46. The minimum absolute atomic E-state index is 0.0187. The second-order valence-electron chi connectivity index (χ2n) is 5.52. The van der Waals surface area contributed by atoms with Gasteiger partial charge in [0.25, 0.3) is 0 Å². The number of aromatic hydroxyl groups is 1. The Bertz CT molecular complexity index is 465. The molecule has 1 heterocycles. The van der Waals surface area contributed by atoms with Crippen molar-refractivity contribution in [3.63, 3.8) is 0 Å². The molecule has 3 atom stereocenters. The van der Waals surface area contributed by atoms with E-state index in [1.165, 1.54) is 24.6 Å². The first-order chi connectivity index (χ1) is 9.16. The highest BCUT2D eigenvalue weighted by Crippen LogP contribution is 2.37. The summed E-state index contributed by atoms with van der Waals surface area (Å²) in [6, 6.07) is 4.60. The Hall–Kier alpha value is -1.13. The molecule has 3 rings (SSSR count). The fraction of sp³-hybridized carbons (Fsp3) is 0.600. The van der Waals surface area contributed by atoms with Gasteiger partial charge in [-0.25, -0.2) is 4.39 Å². The summed E-state index contributed by atoms with van der Waals surface area (Å²) >= 11 is 0. The average Bonchev–Trinajstić information content (AvgIpc) is 2.89. The van der Waals surface area contributed by atoms with Crippen LogP contribution < -0.4 is 0 Å². The molecule has 4 heteroatoms. The molecular formula is C15H20FNO2. The van der Waals surface area contributed by atoms with Crippen LogP contribution in [0.3, 0.4) is 0 Å². The Labute approximate surface area is 113 Å². The normalized spacial score (nSPS) is 29.2. The minimum Gasteiger partial charge on any atom is -0.508 e. The molecule has 0 bridgehead atoms. The summed E-state index contributed by atoms with van der Waals surface area (Å²) in [4.78, 5) is 2.36. The monoisotopic (exact) mass is 265 g/mol. The van der Waals surface area contributed by atoms with Crippen LogP contribution in [-0.2, 0) is 4.74 Å². The zero-order chi connectivity index (χ0) is 13.4. The first kappa shape index (κ1) is 12.9. The van der Waals surface area contributed by atoms with Gasteiger partial charge in [-0.15, -0.1) is 0 Å². The molecule has 0 aromatic heterocycles. The van der Waals surface area contributed by atoms with Gasteiger partial charge in [0, 0.05) is 24.2 Å². The lowest BCUT2D eigenvalue weighted by molar-refractivity contribution is -0.0701. The lowest BCUT2D eigenvalue weighted by Crippen LogP contribution is -2.49. The van der Waals surface area contributed by atoms with Gasteiger partial charge in [0.05, 0.1) is 12.7 Å². The van der Waals surface area contributed by atoms with Crippen molar-refractivity contribution in [3.8, 4) is 5.75 Å². The predicted octanol–water partition coefficient (Wildman–Crippen LogP) is 2.85. The number of phenols is 1. The number of phenolic OH excluding ortho intramolecular Hbond substituents is 1. The summed E-state index contributed by atoms with van der Waals surface area (Å²) in [5.74, 6) is -0.120. The summed E-state index contributed by atoms with van der Waals surface area (Å²) in [6.45, 7) is 3.61. The van der Waals surface area contributed by atoms with Crippen molar-refractivity contribution in [2.75, 3.05) is 13.2 Å².